The molecule has 7 nitrogen and oxygen atoms in total. The van der Waals surface area contributed by atoms with Crippen LogP contribution in [0.1, 0.15) is 29.9 Å². The van der Waals surface area contributed by atoms with Gasteiger partial charge in [0, 0.05) is 45.4 Å². The molecule has 0 aromatic carbocycles. The molecule has 0 bridgehead atoms. The van der Waals surface area contributed by atoms with Crippen molar-refractivity contribution in [3.63, 3.8) is 0 Å². The van der Waals surface area contributed by atoms with Gasteiger partial charge in [0.25, 0.3) is 5.91 Å². The highest BCUT2D eigenvalue weighted by atomic mass is 35.5. The maximum atomic E-state index is 13.0. The Hall–Kier alpha value is -0.860. The zero-order valence-electron chi connectivity index (χ0n) is 15.7. The van der Waals surface area contributed by atoms with Crippen LogP contribution in [0.2, 0.25) is 0 Å². The summed E-state index contributed by atoms with van der Waals surface area (Å²) in [6.07, 6.45) is 1.50. The minimum Gasteiger partial charge on any atom is -0.368 e. The van der Waals surface area contributed by atoms with Gasteiger partial charge in [-0.25, -0.2) is 0 Å². The number of rotatable bonds is 4. The van der Waals surface area contributed by atoms with E-state index in [1.807, 2.05) is 18.7 Å². The van der Waals surface area contributed by atoms with Gasteiger partial charge in [-0.05, 0) is 39.8 Å². The molecule has 150 valence electrons. The standard InChI is InChI=1S/C17H28N4O3.2ClH/c1-13-15(14(2)24-19-13)12-20-8-10-21(11-9-20)16(22)17(23-3)4-6-18-7-5-17;;/h18H,4-12H2,1-3H3;2*1H. The van der Waals surface area contributed by atoms with Crippen LogP contribution >= 0.6 is 24.8 Å². The molecule has 0 spiro atoms. The number of aryl methyl sites for hydroxylation is 2. The first-order chi connectivity index (χ1) is 11.6. The van der Waals surface area contributed by atoms with Gasteiger partial charge in [0.15, 0.2) is 0 Å². The van der Waals surface area contributed by atoms with Gasteiger partial charge >= 0.3 is 0 Å². The number of amides is 1. The zero-order chi connectivity index (χ0) is 17.2. The molecule has 2 fully saturated rings. The Morgan fingerprint density at radius 2 is 1.81 bits per heavy atom. The molecule has 2 saturated heterocycles. The number of methoxy groups -OCH3 is 1. The molecule has 0 saturated carbocycles. The number of nitrogens with one attached hydrogen (secondary N) is 1. The summed E-state index contributed by atoms with van der Waals surface area (Å²) in [6, 6.07) is 0. The number of halogens is 2. The van der Waals surface area contributed by atoms with Gasteiger partial charge in [-0.3, -0.25) is 9.69 Å². The first kappa shape index (κ1) is 23.2. The quantitative estimate of drug-likeness (QED) is 0.814. The summed E-state index contributed by atoms with van der Waals surface area (Å²) in [5.74, 6) is 1.04. The van der Waals surface area contributed by atoms with Crippen LogP contribution in [0.3, 0.4) is 0 Å². The van der Waals surface area contributed by atoms with Gasteiger partial charge in [-0.2, -0.15) is 0 Å². The predicted octanol–water partition coefficient (Wildman–Crippen LogP) is 1.55. The largest absolute Gasteiger partial charge is 0.368 e. The molecule has 3 rings (SSSR count). The van der Waals surface area contributed by atoms with E-state index < -0.39 is 5.60 Å². The SMILES string of the molecule is COC1(C(=O)N2CCN(Cc3c(C)noc3C)CC2)CCNCC1.Cl.Cl. The average molecular weight is 409 g/mol. The second-order valence-electron chi connectivity index (χ2n) is 6.82. The van der Waals surface area contributed by atoms with E-state index in [-0.39, 0.29) is 30.7 Å². The molecular weight excluding hydrogens is 379 g/mol. The van der Waals surface area contributed by atoms with Crippen molar-refractivity contribution in [1.29, 1.82) is 0 Å². The van der Waals surface area contributed by atoms with Crippen molar-refractivity contribution in [3.8, 4) is 0 Å². The van der Waals surface area contributed by atoms with Crippen LogP contribution in [-0.4, -0.2) is 72.8 Å². The Morgan fingerprint density at radius 1 is 1.19 bits per heavy atom. The van der Waals surface area contributed by atoms with Gasteiger partial charge < -0.3 is 19.5 Å². The fourth-order valence-electron chi connectivity index (χ4n) is 3.68. The van der Waals surface area contributed by atoms with Crippen LogP contribution in [0.5, 0.6) is 0 Å². The van der Waals surface area contributed by atoms with Gasteiger partial charge in [0.1, 0.15) is 11.4 Å². The van der Waals surface area contributed by atoms with E-state index in [0.717, 1.165) is 70.1 Å². The average Bonchev–Trinajstić information content (AvgIpc) is 2.94. The molecule has 0 unspecified atom stereocenters. The molecular formula is C17H30Cl2N4O3. The summed E-state index contributed by atoms with van der Waals surface area (Å²) in [4.78, 5) is 17.3. The molecule has 1 amide bonds. The molecule has 3 heterocycles. The maximum Gasteiger partial charge on any atom is 0.254 e. The number of aromatic nitrogens is 1. The van der Waals surface area contributed by atoms with Crippen molar-refractivity contribution in [2.45, 2.75) is 38.8 Å². The summed E-state index contributed by atoms with van der Waals surface area (Å²) in [5.41, 5.74) is 1.50. The van der Waals surface area contributed by atoms with Gasteiger partial charge in [0.05, 0.1) is 5.69 Å². The smallest absolute Gasteiger partial charge is 0.254 e. The molecule has 26 heavy (non-hydrogen) atoms. The second-order valence-corrected chi connectivity index (χ2v) is 6.82. The Balaban J connectivity index is 0.00000169. The molecule has 1 aromatic rings. The van der Waals surface area contributed by atoms with E-state index >= 15 is 0 Å². The van der Waals surface area contributed by atoms with Crippen molar-refractivity contribution in [2.75, 3.05) is 46.4 Å². The van der Waals surface area contributed by atoms with Crippen molar-refractivity contribution in [2.24, 2.45) is 0 Å². The van der Waals surface area contributed by atoms with E-state index in [2.05, 4.69) is 15.4 Å². The Labute approximate surface area is 167 Å². The number of piperidine rings is 1. The summed E-state index contributed by atoms with van der Waals surface area (Å²) in [5, 5.41) is 7.32. The topological polar surface area (TPSA) is 70.8 Å². The lowest BCUT2D eigenvalue weighted by Gasteiger charge is -2.42. The van der Waals surface area contributed by atoms with E-state index in [4.69, 9.17) is 9.26 Å². The minimum absolute atomic E-state index is 0. The van der Waals surface area contributed by atoms with Gasteiger partial charge in [-0.1, -0.05) is 5.16 Å². The van der Waals surface area contributed by atoms with Gasteiger partial charge in [-0.15, -0.1) is 24.8 Å². The van der Waals surface area contributed by atoms with Crippen LogP contribution in [0.25, 0.3) is 0 Å². The Morgan fingerprint density at radius 3 is 2.31 bits per heavy atom. The molecule has 0 atom stereocenters. The van der Waals surface area contributed by atoms with Crippen molar-refractivity contribution in [1.82, 2.24) is 20.3 Å². The lowest BCUT2D eigenvalue weighted by Crippen LogP contribution is -2.59. The number of piperazine rings is 1. The maximum absolute atomic E-state index is 13.0. The van der Waals surface area contributed by atoms with Crippen molar-refractivity contribution >= 4 is 30.7 Å². The first-order valence-electron chi connectivity index (χ1n) is 8.75. The minimum atomic E-state index is -0.630. The third-order valence-corrected chi connectivity index (χ3v) is 5.41. The monoisotopic (exact) mass is 408 g/mol. The van der Waals surface area contributed by atoms with Crippen molar-refractivity contribution < 1.29 is 14.1 Å². The molecule has 9 heteroatoms. The van der Waals surface area contributed by atoms with E-state index in [9.17, 15) is 4.79 Å². The summed E-state index contributed by atoms with van der Waals surface area (Å²) in [6.45, 7) is 9.68. The molecule has 1 aromatic heterocycles. The number of carbonyl (C=O) groups excluding carboxylic acids is 1. The number of ether oxygens (including phenoxy) is 1. The third-order valence-electron chi connectivity index (χ3n) is 5.41. The van der Waals surface area contributed by atoms with Crippen LogP contribution in [0.15, 0.2) is 4.52 Å². The second kappa shape index (κ2) is 9.90. The Bertz CT molecular complexity index is 563. The zero-order valence-corrected chi connectivity index (χ0v) is 17.4. The third kappa shape index (κ3) is 4.70. The highest BCUT2D eigenvalue weighted by Crippen LogP contribution is 2.26. The van der Waals surface area contributed by atoms with Gasteiger partial charge in [0.2, 0.25) is 0 Å². The number of nitrogens with zero attached hydrogens (tertiary/aromatic N) is 3. The highest BCUT2D eigenvalue weighted by molar-refractivity contribution is 5.86. The van der Waals surface area contributed by atoms with E-state index in [1.54, 1.807) is 7.11 Å². The molecule has 0 radical (unpaired) electrons. The fraction of sp³-hybridized carbons (Fsp3) is 0.765. The fourth-order valence-corrected chi connectivity index (χ4v) is 3.68. The first-order valence-corrected chi connectivity index (χ1v) is 8.75. The lowest BCUT2D eigenvalue weighted by molar-refractivity contribution is -0.160. The lowest BCUT2D eigenvalue weighted by atomic mass is 9.90. The summed E-state index contributed by atoms with van der Waals surface area (Å²) < 4.78 is 10.9. The number of hydrogen-bond donors (Lipinski definition) is 1. The molecule has 2 aliphatic heterocycles. The number of carbonyl (C=O) groups is 1. The number of hydrogen-bond acceptors (Lipinski definition) is 6. The van der Waals surface area contributed by atoms with Crippen LogP contribution in [0, 0.1) is 13.8 Å². The van der Waals surface area contributed by atoms with Crippen LogP contribution in [0.4, 0.5) is 0 Å². The summed E-state index contributed by atoms with van der Waals surface area (Å²) in [7, 11) is 1.66. The Kier molecular flexibility index (Phi) is 8.82. The normalized spacial score (nSPS) is 20.2. The highest BCUT2D eigenvalue weighted by Gasteiger charge is 2.43. The summed E-state index contributed by atoms with van der Waals surface area (Å²) >= 11 is 0. The molecule has 1 N–H and O–H groups in total. The van der Waals surface area contributed by atoms with Crippen molar-refractivity contribution in [3.05, 3.63) is 17.0 Å². The molecule has 0 aliphatic carbocycles. The predicted molar refractivity (Wildman–Crippen MR) is 104 cm³/mol. The van der Waals surface area contributed by atoms with E-state index in [0.29, 0.717) is 0 Å². The van der Waals surface area contributed by atoms with Crippen LogP contribution in [-0.2, 0) is 16.1 Å². The van der Waals surface area contributed by atoms with Crippen LogP contribution < -0.4 is 5.32 Å². The van der Waals surface area contributed by atoms with E-state index in [1.165, 1.54) is 5.56 Å². The molecule has 2 aliphatic rings.